The first-order valence-corrected chi connectivity index (χ1v) is 4.02. The lowest BCUT2D eigenvalue weighted by molar-refractivity contribution is -0.149. The summed E-state index contributed by atoms with van der Waals surface area (Å²) < 4.78 is 54.1. The Morgan fingerprint density at radius 3 is 2.25 bits per heavy atom. The third kappa shape index (κ3) is 3.24. The maximum atomic E-state index is 13.1. The van der Waals surface area contributed by atoms with Gasteiger partial charge in [-0.05, 0) is 17.7 Å². The van der Waals surface area contributed by atoms with Gasteiger partial charge in [0, 0.05) is 0 Å². The van der Waals surface area contributed by atoms with Crippen molar-refractivity contribution in [1.29, 1.82) is 0 Å². The number of hydrogen-bond donors (Lipinski definition) is 1. The van der Waals surface area contributed by atoms with E-state index >= 15 is 0 Å². The molecule has 0 amide bonds. The SMILES string of the molecule is COc1ccc([C@H](N)C(F)(F)F)cc1F.Cl. The van der Waals surface area contributed by atoms with E-state index in [4.69, 9.17) is 5.73 Å². The molecule has 0 radical (unpaired) electrons. The summed E-state index contributed by atoms with van der Waals surface area (Å²) in [6, 6.07) is 0.728. The van der Waals surface area contributed by atoms with Crippen LogP contribution in [-0.4, -0.2) is 13.3 Å². The van der Waals surface area contributed by atoms with Gasteiger partial charge in [0.1, 0.15) is 6.04 Å². The minimum Gasteiger partial charge on any atom is -0.494 e. The van der Waals surface area contributed by atoms with Crippen molar-refractivity contribution in [3.05, 3.63) is 29.6 Å². The first-order chi connectivity index (χ1) is 6.86. The minimum atomic E-state index is -4.58. The highest BCUT2D eigenvalue weighted by Gasteiger charge is 2.38. The van der Waals surface area contributed by atoms with Crippen LogP contribution < -0.4 is 10.5 Å². The van der Waals surface area contributed by atoms with Gasteiger partial charge in [-0.1, -0.05) is 6.07 Å². The van der Waals surface area contributed by atoms with E-state index in [2.05, 4.69) is 4.74 Å². The number of methoxy groups -OCH3 is 1. The molecule has 1 aromatic rings. The third-order valence-electron chi connectivity index (χ3n) is 1.89. The van der Waals surface area contributed by atoms with Crippen LogP contribution in [0.25, 0.3) is 0 Å². The van der Waals surface area contributed by atoms with Gasteiger partial charge in [0.25, 0.3) is 0 Å². The van der Waals surface area contributed by atoms with Crippen LogP contribution >= 0.6 is 12.4 Å². The fourth-order valence-electron chi connectivity index (χ4n) is 1.07. The predicted octanol–water partition coefficient (Wildman–Crippen LogP) is 2.82. The zero-order valence-electron chi connectivity index (χ0n) is 8.22. The van der Waals surface area contributed by atoms with E-state index in [1.807, 2.05) is 0 Å². The summed E-state index contributed by atoms with van der Waals surface area (Å²) in [7, 11) is 1.22. The Balaban J connectivity index is 0.00000225. The quantitative estimate of drug-likeness (QED) is 0.829. The summed E-state index contributed by atoms with van der Waals surface area (Å²) >= 11 is 0. The van der Waals surface area contributed by atoms with Crippen molar-refractivity contribution < 1.29 is 22.3 Å². The largest absolute Gasteiger partial charge is 0.494 e. The van der Waals surface area contributed by atoms with E-state index in [-0.39, 0.29) is 23.7 Å². The van der Waals surface area contributed by atoms with Gasteiger partial charge in [-0.15, -0.1) is 12.4 Å². The van der Waals surface area contributed by atoms with Crippen LogP contribution in [0.15, 0.2) is 18.2 Å². The second-order valence-corrected chi connectivity index (χ2v) is 2.91. The predicted molar refractivity (Wildman–Crippen MR) is 53.2 cm³/mol. The van der Waals surface area contributed by atoms with Gasteiger partial charge in [0.05, 0.1) is 7.11 Å². The first kappa shape index (κ1) is 15.0. The monoisotopic (exact) mass is 259 g/mol. The average molecular weight is 260 g/mol. The van der Waals surface area contributed by atoms with Crippen LogP contribution in [0, 0.1) is 5.82 Å². The highest BCUT2D eigenvalue weighted by atomic mass is 35.5. The van der Waals surface area contributed by atoms with Crippen LogP contribution in [0.2, 0.25) is 0 Å². The van der Waals surface area contributed by atoms with E-state index in [0.29, 0.717) is 0 Å². The molecule has 0 aliphatic carbocycles. The molecule has 0 spiro atoms. The van der Waals surface area contributed by atoms with Crippen molar-refractivity contribution >= 4 is 12.4 Å². The summed E-state index contributed by atoms with van der Waals surface area (Å²) in [6.45, 7) is 0. The molecule has 92 valence electrons. The fraction of sp³-hybridized carbons (Fsp3) is 0.333. The Kier molecular flexibility index (Phi) is 5.02. The van der Waals surface area contributed by atoms with E-state index < -0.39 is 18.0 Å². The number of benzene rings is 1. The minimum absolute atomic E-state index is 0. The summed E-state index contributed by atoms with van der Waals surface area (Å²) in [5, 5.41) is 0. The summed E-state index contributed by atoms with van der Waals surface area (Å²) in [5.74, 6) is -0.983. The van der Waals surface area contributed by atoms with E-state index in [1.54, 1.807) is 0 Å². The molecular formula is C9H10ClF4NO. The van der Waals surface area contributed by atoms with Gasteiger partial charge in [0.15, 0.2) is 11.6 Å². The third-order valence-corrected chi connectivity index (χ3v) is 1.89. The number of hydrogen-bond acceptors (Lipinski definition) is 2. The maximum Gasteiger partial charge on any atom is 0.407 e. The van der Waals surface area contributed by atoms with Crippen LogP contribution in [0.4, 0.5) is 17.6 Å². The normalized spacial score (nSPS) is 12.9. The number of alkyl halides is 3. The molecule has 2 N–H and O–H groups in total. The van der Waals surface area contributed by atoms with Gasteiger partial charge >= 0.3 is 6.18 Å². The van der Waals surface area contributed by atoms with Crippen molar-refractivity contribution in [2.75, 3.05) is 7.11 Å². The van der Waals surface area contributed by atoms with Gasteiger partial charge in [0.2, 0.25) is 0 Å². The topological polar surface area (TPSA) is 35.2 Å². The second-order valence-electron chi connectivity index (χ2n) is 2.91. The Bertz CT molecular complexity index is 356. The van der Waals surface area contributed by atoms with Crippen molar-refractivity contribution in [3.63, 3.8) is 0 Å². The van der Waals surface area contributed by atoms with Crippen LogP contribution in [0.5, 0.6) is 5.75 Å². The smallest absolute Gasteiger partial charge is 0.407 e. The average Bonchev–Trinajstić information content (AvgIpc) is 2.15. The molecule has 16 heavy (non-hydrogen) atoms. The standard InChI is InChI=1S/C9H9F4NO.ClH/c1-15-7-3-2-5(4-6(7)10)8(14)9(11,12)13;/h2-4,8H,14H2,1H3;1H/t8-;/m0./s1. The number of halogens is 5. The Morgan fingerprint density at radius 1 is 1.31 bits per heavy atom. The molecule has 0 fully saturated rings. The van der Waals surface area contributed by atoms with Crippen LogP contribution in [0.3, 0.4) is 0 Å². The Labute approximate surface area is 95.8 Å². The molecule has 0 saturated carbocycles. The van der Waals surface area contributed by atoms with E-state index in [9.17, 15) is 17.6 Å². The zero-order chi connectivity index (χ0) is 11.6. The van der Waals surface area contributed by atoms with Gasteiger partial charge in [-0.25, -0.2) is 4.39 Å². The summed E-state index contributed by atoms with van der Waals surface area (Å²) in [5.41, 5.74) is 4.57. The molecule has 0 aliphatic rings. The lowest BCUT2D eigenvalue weighted by Gasteiger charge is -2.16. The van der Waals surface area contributed by atoms with E-state index in [1.165, 1.54) is 7.11 Å². The first-order valence-electron chi connectivity index (χ1n) is 4.02. The molecule has 0 bridgehead atoms. The zero-order valence-corrected chi connectivity index (χ0v) is 9.03. The summed E-state index contributed by atoms with van der Waals surface area (Å²) in [4.78, 5) is 0. The number of nitrogens with two attached hydrogens (primary N) is 1. The molecule has 0 saturated heterocycles. The molecular weight excluding hydrogens is 250 g/mol. The number of ether oxygens (including phenoxy) is 1. The van der Waals surface area contributed by atoms with Crippen LogP contribution in [0.1, 0.15) is 11.6 Å². The van der Waals surface area contributed by atoms with E-state index in [0.717, 1.165) is 18.2 Å². The molecule has 0 aromatic heterocycles. The molecule has 2 nitrogen and oxygen atoms in total. The fourth-order valence-corrected chi connectivity index (χ4v) is 1.07. The molecule has 1 aromatic carbocycles. The van der Waals surface area contributed by atoms with Crippen molar-refractivity contribution in [3.8, 4) is 5.75 Å². The van der Waals surface area contributed by atoms with Gasteiger partial charge in [-0.3, -0.25) is 0 Å². The molecule has 1 rings (SSSR count). The Hall–Kier alpha value is -1.01. The van der Waals surface area contributed by atoms with Crippen molar-refractivity contribution in [1.82, 2.24) is 0 Å². The molecule has 0 heterocycles. The molecule has 0 unspecified atom stereocenters. The second kappa shape index (κ2) is 5.36. The Morgan fingerprint density at radius 2 is 1.88 bits per heavy atom. The van der Waals surface area contributed by atoms with Crippen molar-refractivity contribution in [2.45, 2.75) is 12.2 Å². The molecule has 7 heteroatoms. The highest BCUT2D eigenvalue weighted by molar-refractivity contribution is 5.85. The highest BCUT2D eigenvalue weighted by Crippen LogP contribution is 2.32. The number of rotatable bonds is 2. The lowest BCUT2D eigenvalue weighted by atomic mass is 10.1. The summed E-state index contributed by atoms with van der Waals surface area (Å²) in [6.07, 6.45) is -4.58. The van der Waals surface area contributed by atoms with Gasteiger partial charge in [-0.2, -0.15) is 13.2 Å². The van der Waals surface area contributed by atoms with Crippen LogP contribution in [-0.2, 0) is 0 Å². The van der Waals surface area contributed by atoms with Gasteiger partial charge < -0.3 is 10.5 Å². The maximum absolute atomic E-state index is 13.1. The van der Waals surface area contributed by atoms with Crippen molar-refractivity contribution in [2.24, 2.45) is 5.73 Å². The molecule has 1 atom stereocenters. The lowest BCUT2D eigenvalue weighted by Crippen LogP contribution is -2.28. The molecule has 0 aliphatic heterocycles.